The molecule has 0 aliphatic carbocycles. The van der Waals surface area contributed by atoms with E-state index >= 15 is 8.78 Å². The van der Waals surface area contributed by atoms with E-state index in [1.807, 2.05) is 0 Å². The zero-order valence-electron chi connectivity index (χ0n) is 17.6. The van der Waals surface area contributed by atoms with Gasteiger partial charge in [-0.25, -0.2) is 22.2 Å². The van der Waals surface area contributed by atoms with Crippen LogP contribution in [0.1, 0.15) is 16.8 Å². The van der Waals surface area contributed by atoms with Gasteiger partial charge < -0.3 is 10.4 Å². The Morgan fingerprint density at radius 1 is 0.914 bits per heavy atom. The Morgan fingerprint density at radius 2 is 1.63 bits per heavy atom. The highest BCUT2D eigenvalue weighted by Crippen LogP contribution is 2.47. The molecule has 0 saturated carbocycles. The molecule has 13 heteroatoms. The van der Waals surface area contributed by atoms with Crippen molar-refractivity contribution in [2.75, 3.05) is 5.32 Å². The quantitative estimate of drug-likeness (QED) is 0.361. The van der Waals surface area contributed by atoms with Crippen molar-refractivity contribution in [3.8, 4) is 0 Å². The summed E-state index contributed by atoms with van der Waals surface area (Å²) in [5.74, 6) is -8.30. The topological polar surface area (TPSA) is 88.8 Å². The molecule has 2 aromatic heterocycles. The van der Waals surface area contributed by atoms with E-state index in [1.54, 1.807) is 0 Å². The zero-order valence-corrected chi connectivity index (χ0v) is 17.6. The molecule has 0 bridgehead atoms. The SMILES string of the molecule is OC(Cn1cnnn1)(c1ccc(F)cc1F)C(F)(F)c1cc(NCc2ccc(F)cc2F)ccn1. The first-order chi connectivity index (χ1) is 16.6. The maximum atomic E-state index is 15.8. The molecule has 7 nitrogen and oxygen atoms in total. The van der Waals surface area contributed by atoms with Crippen LogP contribution in [-0.2, 0) is 24.6 Å². The summed E-state index contributed by atoms with van der Waals surface area (Å²) in [6.45, 7) is -1.18. The Morgan fingerprint density at radius 3 is 2.29 bits per heavy atom. The molecule has 0 amide bonds. The number of nitrogens with zero attached hydrogens (tertiary/aromatic N) is 5. The van der Waals surface area contributed by atoms with Gasteiger partial charge in [-0.05, 0) is 40.8 Å². The van der Waals surface area contributed by atoms with Gasteiger partial charge in [-0.1, -0.05) is 6.07 Å². The van der Waals surface area contributed by atoms with Crippen molar-refractivity contribution in [3.63, 3.8) is 0 Å². The molecule has 0 aliphatic rings. The Hall–Kier alpha value is -4.00. The standard InChI is InChI=1S/C22H16F6N6O/c23-14-2-1-13(18(25)7-14)10-30-16-5-6-29-20(9-16)22(27,28)21(35,11-34-12-31-32-33-34)17-4-3-15(24)8-19(17)26/h1-9,12,35H,10-11H2,(H,29,30). The molecule has 0 spiro atoms. The average molecular weight is 494 g/mol. The fourth-order valence-corrected chi connectivity index (χ4v) is 3.45. The fourth-order valence-electron chi connectivity index (χ4n) is 3.45. The number of hydrogen-bond acceptors (Lipinski definition) is 6. The van der Waals surface area contributed by atoms with E-state index in [4.69, 9.17) is 0 Å². The first-order valence-corrected chi connectivity index (χ1v) is 10.0. The highest BCUT2D eigenvalue weighted by Gasteiger charge is 2.58. The number of tetrazole rings is 1. The number of hydrogen-bond donors (Lipinski definition) is 2. The second kappa shape index (κ2) is 9.33. The van der Waals surface area contributed by atoms with Crippen LogP contribution in [0.2, 0.25) is 0 Å². The molecule has 2 N–H and O–H groups in total. The molecule has 0 radical (unpaired) electrons. The van der Waals surface area contributed by atoms with Gasteiger partial charge in [0.2, 0.25) is 0 Å². The smallest absolute Gasteiger partial charge is 0.323 e. The number of nitrogens with one attached hydrogen (secondary N) is 1. The summed E-state index contributed by atoms with van der Waals surface area (Å²) in [5.41, 5.74) is -5.05. The summed E-state index contributed by atoms with van der Waals surface area (Å²) in [6.07, 6.45) is 1.94. The third-order valence-electron chi connectivity index (χ3n) is 5.26. The summed E-state index contributed by atoms with van der Waals surface area (Å²) < 4.78 is 87.4. The molecule has 4 aromatic rings. The van der Waals surface area contributed by atoms with Crippen LogP contribution >= 0.6 is 0 Å². The summed E-state index contributed by atoms with van der Waals surface area (Å²) in [6, 6.07) is 6.88. The van der Waals surface area contributed by atoms with Crippen molar-refractivity contribution in [3.05, 3.63) is 101 Å². The first kappa shape index (κ1) is 24.1. The van der Waals surface area contributed by atoms with Crippen LogP contribution in [0.3, 0.4) is 0 Å². The van der Waals surface area contributed by atoms with Gasteiger partial charge in [0.1, 0.15) is 35.3 Å². The monoisotopic (exact) mass is 494 g/mol. The van der Waals surface area contributed by atoms with Gasteiger partial charge in [0.15, 0.2) is 5.60 Å². The minimum Gasteiger partial charge on any atom is -0.381 e. The molecule has 1 unspecified atom stereocenters. The molecular formula is C22H16F6N6O. The number of pyridine rings is 1. The number of anilines is 1. The van der Waals surface area contributed by atoms with E-state index < -0.39 is 52.6 Å². The van der Waals surface area contributed by atoms with Gasteiger partial charge in [-0.15, -0.1) is 5.10 Å². The van der Waals surface area contributed by atoms with Crippen molar-refractivity contribution >= 4 is 5.69 Å². The van der Waals surface area contributed by atoms with Gasteiger partial charge >= 0.3 is 5.92 Å². The molecule has 0 fully saturated rings. The minimum atomic E-state index is -4.25. The second-order valence-electron chi connectivity index (χ2n) is 7.59. The van der Waals surface area contributed by atoms with Crippen LogP contribution in [0.15, 0.2) is 61.1 Å². The summed E-state index contributed by atoms with van der Waals surface area (Å²) in [5, 5.41) is 24.0. The molecule has 2 aromatic carbocycles. The van der Waals surface area contributed by atoms with Crippen molar-refractivity contribution in [1.29, 1.82) is 0 Å². The Balaban J connectivity index is 1.70. The molecule has 4 rings (SSSR count). The van der Waals surface area contributed by atoms with Crippen LogP contribution < -0.4 is 5.32 Å². The summed E-state index contributed by atoms with van der Waals surface area (Å²) >= 11 is 0. The highest BCUT2D eigenvalue weighted by atomic mass is 19.3. The van der Waals surface area contributed by atoms with Gasteiger partial charge in [0.25, 0.3) is 0 Å². The maximum Gasteiger partial charge on any atom is 0.323 e. The van der Waals surface area contributed by atoms with Crippen LogP contribution in [0.25, 0.3) is 0 Å². The Bertz CT molecular complexity index is 1340. The highest BCUT2D eigenvalue weighted by molar-refractivity contribution is 5.46. The summed E-state index contributed by atoms with van der Waals surface area (Å²) in [4.78, 5) is 3.63. The zero-order chi connectivity index (χ0) is 25.2. The lowest BCUT2D eigenvalue weighted by Crippen LogP contribution is -2.48. The van der Waals surface area contributed by atoms with Crippen LogP contribution in [0.5, 0.6) is 0 Å². The average Bonchev–Trinajstić information content (AvgIpc) is 3.31. The van der Waals surface area contributed by atoms with Crippen molar-refractivity contribution in [1.82, 2.24) is 25.2 Å². The lowest BCUT2D eigenvalue weighted by Gasteiger charge is -2.35. The number of rotatable bonds is 8. The fraction of sp³-hybridized carbons (Fsp3) is 0.182. The number of halogens is 6. The van der Waals surface area contributed by atoms with Crippen LogP contribution in [0.4, 0.5) is 32.0 Å². The van der Waals surface area contributed by atoms with Crippen LogP contribution in [0, 0.1) is 23.3 Å². The predicted molar refractivity (Wildman–Crippen MR) is 110 cm³/mol. The third kappa shape index (κ3) is 4.80. The van der Waals surface area contributed by atoms with E-state index in [2.05, 4.69) is 25.8 Å². The first-order valence-electron chi connectivity index (χ1n) is 10.0. The maximum absolute atomic E-state index is 15.8. The van der Waals surface area contributed by atoms with Crippen molar-refractivity contribution in [2.45, 2.75) is 24.6 Å². The number of aromatic nitrogens is 5. The van der Waals surface area contributed by atoms with Gasteiger partial charge in [-0.2, -0.15) is 8.78 Å². The molecule has 182 valence electrons. The van der Waals surface area contributed by atoms with E-state index in [1.165, 1.54) is 12.1 Å². The largest absolute Gasteiger partial charge is 0.381 e. The van der Waals surface area contributed by atoms with Crippen LogP contribution in [-0.4, -0.2) is 30.3 Å². The molecule has 0 aliphatic heterocycles. The van der Waals surface area contributed by atoms with Gasteiger partial charge in [0.05, 0.1) is 6.54 Å². The van der Waals surface area contributed by atoms with E-state index in [9.17, 15) is 22.7 Å². The molecule has 0 saturated heterocycles. The van der Waals surface area contributed by atoms with Crippen molar-refractivity contribution in [2.24, 2.45) is 0 Å². The van der Waals surface area contributed by atoms with Gasteiger partial charge in [-0.3, -0.25) is 4.98 Å². The number of alkyl halides is 2. The molecule has 35 heavy (non-hydrogen) atoms. The molecular weight excluding hydrogens is 478 g/mol. The Kier molecular flexibility index (Phi) is 6.43. The summed E-state index contributed by atoms with van der Waals surface area (Å²) in [7, 11) is 0. The minimum absolute atomic E-state index is 0.0581. The van der Waals surface area contributed by atoms with E-state index in [0.29, 0.717) is 18.2 Å². The number of aliphatic hydroxyl groups is 1. The number of benzene rings is 2. The lowest BCUT2D eigenvalue weighted by atomic mass is 9.84. The lowest BCUT2D eigenvalue weighted by molar-refractivity contribution is -0.207. The Labute approximate surface area is 194 Å². The molecule has 1 atom stereocenters. The normalized spacial score (nSPS) is 13.5. The van der Waals surface area contributed by atoms with Gasteiger partial charge in [0, 0.05) is 41.7 Å². The molecule has 2 heterocycles. The predicted octanol–water partition coefficient (Wildman–Crippen LogP) is 3.92. The third-order valence-corrected chi connectivity index (χ3v) is 5.26. The van der Waals surface area contributed by atoms with E-state index in [0.717, 1.165) is 35.4 Å². The van der Waals surface area contributed by atoms with E-state index in [-0.39, 0.29) is 17.8 Å². The van der Waals surface area contributed by atoms with Crippen molar-refractivity contribution < 1.29 is 31.4 Å². The second-order valence-corrected chi connectivity index (χ2v) is 7.59.